The van der Waals surface area contributed by atoms with Crippen LogP contribution in [0.5, 0.6) is 5.75 Å². The van der Waals surface area contributed by atoms with Crippen LogP contribution in [0.3, 0.4) is 0 Å². The van der Waals surface area contributed by atoms with E-state index in [9.17, 15) is 4.79 Å². The molecule has 0 bridgehead atoms. The van der Waals surface area contributed by atoms with Gasteiger partial charge in [-0.1, -0.05) is 35.2 Å². The van der Waals surface area contributed by atoms with Crippen molar-refractivity contribution in [3.8, 4) is 5.75 Å². The number of benzene rings is 2. The molecule has 0 N–H and O–H groups in total. The van der Waals surface area contributed by atoms with Crippen LogP contribution >= 0.6 is 31.9 Å². The molecule has 7 heteroatoms. The normalized spacial score (nSPS) is 15.2. The van der Waals surface area contributed by atoms with Crippen molar-refractivity contribution in [3.05, 3.63) is 67.1 Å². The van der Waals surface area contributed by atoms with Gasteiger partial charge in [0, 0.05) is 10.4 Å². The minimum Gasteiger partial charge on any atom is -0.493 e. The van der Waals surface area contributed by atoms with E-state index in [-0.39, 0.29) is 11.5 Å². The lowest BCUT2D eigenvalue weighted by Gasteiger charge is -2.22. The van der Waals surface area contributed by atoms with Crippen molar-refractivity contribution < 1.29 is 4.74 Å². The van der Waals surface area contributed by atoms with E-state index in [1.807, 2.05) is 43.3 Å². The van der Waals surface area contributed by atoms with Gasteiger partial charge in [0.1, 0.15) is 11.6 Å². The van der Waals surface area contributed by atoms with Gasteiger partial charge < -0.3 is 4.74 Å². The second kappa shape index (κ2) is 9.43. The molecule has 0 saturated heterocycles. The van der Waals surface area contributed by atoms with E-state index in [0.717, 1.165) is 57.3 Å². The molecule has 30 heavy (non-hydrogen) atoms. The molecule has 0 aliphatic heterocycles. The fourth-order valence-corrected chi connectivity index (χ4v) is 4.77. The fraction of sp³-hybridized carbons (Fsp3) is 0.348. The molecule has 3 aromatic rings. The van der Waals surface area contributed by atoms with Gasteiger partial charge in [0.15, 0.2) is 0 Å². The highest BCUT2D eigenvalue weighted by Crippen LogP contribution is 2.32. The number of aromatic nitrogens is 2. The number of fused-ring (bicyclic) bond motifs is 1. The maximum absolute atomic E-state index is 13.3. The van der Waals surface area contributed by atoms with Crippen LogP contribution in [-0.4, -0.2) is 22.5 Å². The molecule has 4 rings (SSSR count). The van der Waals surface area contributed by atoms with Crippen LogP contribution in [0.25, 0.3) is 10.9 Å². The van der Waals surface area contributed by atoms with Gasteiger partial charge in [0.2, 0.25) is 0 Å². The summed E-state index contributed by atoms with van der Waals surface area (Å²) in [5.74, 6) is 1.80. The third kappa shape index (κ3) is 4.52. The van der Waals surface area contributed by atoms with Crippen LogP contribution in [0.4, 0.5) is 0 Å². The van der Waals surface area contributed by atoms with E-state index in [1.54, 1.807) is 6.21 Å². The summed E-state index contributed by atoms with van der Waals surface area (Å²) in [6, 6.07) is 11.4. The van der Waals surface area contributed by atoms with Gasteiger partial charge in [0.25, 0.3) is 5.56 Å². The van der Waals surface area contributed by atoms with Crippen molar-refractivity contribution in [3.63, 3.8) is 0 Å². The highest BCUT2D eigenvalue weighted by atomic mass is 79.9. The summed E-state index contributed by atoms with van der Waals surface area (Å²) in [5, 5.41) is 5.15. The maximum Gasteiger partial charge on any atom is 0.282 e. The summed E-state index contributed by atoms with van der Waals surface area (Å²) in [4.78, 5) is 18.2. The molecule has 1 aromatic heterocycles. The second-order valence-corrected chi connectivity index (χ2v) is 9.22. The Labute approximate surface area is 192 Å². The van der Waals surface area contributed by atoms with Crippen molar-refractivity contribution in [1.82, 2.24) is 9.66 Å². The Morgan fingerprint density at radius 3 is 2.70 bits per heavy atom. The second-order valence-electron chi connectivity index (χ2n) is 7.45. The molecular formula is C23H23Br2N3O2. The third-order valence-corrected chi connectivity index (χ3v) is 6.49. The third-order valence-electron chi connectivity index (χ3n) is 5.38. The van der Waals surface area contributed by atoms with E-state index in [0.29, 0.717) is 12.0 Å². The molecule has 1 aliphatic carbocycles. The lowest BCUT2D eigenvalue weighted by Crippen LogP contribution is -2.25. The molecule has 1 aliphatic rings. The van der Waals surface area contributed by atoms with Gasteiger partial charge in [0.05, 0.1) is 28.2 Å². The predicted molar refractivity (Wildman–Crippen MR) is 128 cm³/mol. The summed E-state index contributed by atoms with van der Waals surface area (Å²) >= 11 is 6.99. The average molecular weight is 533 g/mol. The highest BCUT2D eigenvalue weighted by Gasteiger charge is 2.22. The molecule has 0 atom stereocenters. The Bertz CT molecular complexity index is 1150. The van der Waals surface area contributed by atoms with Crippen molar-refractivity contribution in [2.45, 2.75) is 44.9 Å². The molecule has 5 nitrogen and oxygen atoms in total. The molecule has 0 amide bonds. The molecule has 1 saturated carbocycles. The fourth-order valence-electron chi connectivity index (χ4n) is 3.90. The minimum atomic E-state index is -0.136. The van der Waals surface area contributed by atoms with E-state index in [2.05, 4.69) is 37.0 Å². The number of hydrogen-bond acceptors (Lipinski definition) is 4. The van der Waals surface area contributed by atoms with Crippen LogP contribution in [0.15, 0.2) is 55.2 Å². The summed E-state index contributed by atoms with van der Waals surface area (Å²) in [6.45, 7) is 2.55. The van der Waals surface area contributed by atoms with Gasteiger partial charge in [-0.25, -0.2) is 4.98 Å². The van der Waals surface area contributed by atoms with Crippen molar-refractivity contribution >= 4 is 49.0 Å². The van der Waals surface area contributed by atoms with Crippen molar-refractivity contribution in [1.29, 1.82) is 0 Å². The van der Waals surface area contributed by atoms with Gasteiger partial charge in [-0.15, -0.1) is 0 Å². The number of halogens is 2. The quantitative estimate of drug-likeness (QED) is 0.365. The van der Waals surface area contributed by atoms with E-state index >= 15 is 0 Å². The van der Waals surface area contributed by atoms with Crippen LogP contribution in [0.2, 0.25) is 0 Å². The molecule has 156 valence electrons. The average Bonchev–Trinajstić information content (AvgIpc) is 2.76. The Hall–Kier alpha value is -1.99. The summed E-state index contributed by atoms with van der Waals surface area (Å²) in [5.41, 5.74) is 1.46. The van der Waals surface area contributed by atoms with Gasteiger partial charge in [-0.05, 0) is 77.7 Å². The molecular weight excluding hydrogens is 510 g/mol. The van der Waals surface area contributed by atoms with Crippen LogP contribution in [0.1, 0.15) is 56.3 Å². The Morgan fingerprint density at radius 2 is 1.97 bits per heavy atom. The summed E-state index contributed by atoms with van der Waals surface area (Å²) in [6.07, 6.45) is 7.35. The van der Waals surface area contributed by atoms with Crippen LogP contribution in [-0.2, 0) is 0 Å². The Balaban J connectivity index is 1.79. The summed E-state index contributed by atoms with van der Waals surface area (Å²) < 4.78 is 8.77. The number of rotatable bonds is 5. The van der Waals surface area contributed by atoms with E-state index < -0.39 is 0 Å². The lowest BCUT2D eigenvalue weighted by molar-refractivity contribution is 0.338. The van der Waals surface area contributed by atoms with Gasteiger partial charge in [-0.2, -0.15) is 9.78 Å². The number of ether oxygens (including phenoxy) is 1. The molecule has 1 heterocycles. The first-order valence-corrected chi connectivity index (χ1v) is 11.8. The molecule has 1 fully saturated rings. The van der Waals surface area contributed by atoms with Crippen molar-refractivity contribution in [2.24, 2.45) is 5.10 Å². The zero-order chi connectivity index (χ0) is 21.1. The molecule has 0 spiro atoms. The van der Waals surface area contributed by atoms with Gasteiger partial charge >= 0.3 is 0 Å². The number of nitrogens with zero attached hydrogens (tertiary/aromatic N) is 3. The van der Waals surface area contributed by atoms with Crippen LogP contribution < -0.4 is 10.3 Å². The number of hydrogen-bond donors (Lipinski definition) is 0. The van der Waals surface area contributed by atoms with Gasteiger partial charge in [-0.3, -0.25) is 4.79 Å². The zero-order valence-electron chi connectivity index (χ0n) is 16.8. The lowest BCUT2D eigenvalue weighted by atomic mass is 9.88. The first kappa shape index (κ1) is 21.2. The Morgan fingerprint density at radius 1 is 1.17 bits per heavy atom. The molecule has 0 unspecified atom stereocenters. The largest absolute Gasteiger partial charge is 0.493 e. The highest BCUT2D eigenvalue weighted by molar-refractivity contribution is 9.10. The van der Waals surface area contributed by atoms with E-state index in [4.69, 9.17) is 9.72 Å². The monoisotopic (exact) mass is 531 g/mol. The zero-order valence-corrected chi connectivity index (χ0v) is 19.9. The molecule has 2 aromatic carbocycles. The maximum atomic E-state index is 13.3. The standard InChI is InChI=1S/C23H23Br2N3O2/c1-2-30-21-11-8-15(12-19(21)25)14-26-28-22(16-6-4-3-5-7-16)27-20-10-9-17(24)13-18(20)23(28)29/h8-14,16H,2-7H2,1H3. The predicted octanol–water partition coefficient (Wildman–Crippen LogP) is 6.25. The topological polar surface area (TPSA) is 56.5 Å². The van der Waals surface area contributed by atoms with E-state index in [1.165, 1.54) is 11.1 Å². The van der Waals surface area contributed by atoms with Crippen LogP contribution in [0, 0.1) is 0 Å². The minimum absolute atomic E-state index is 0.136. The Kier molecular flexibility index (Phi) is 6.68. The summed E-state index contributed by atoms with van der Waals surface area (Å²) in [7, 11) is 0. The smallest absolute Gasteiger partial charge is 0.282 e. The first-order valence-electron chi connectivity index (χ1n) is 10.3. The molecule has 0 radical (unpaired) electrons. The van der Waals surface area contributed by atoms with Crippen molar-refractivity contribution in [2.75, 3.05) is 6.61 Å². The first-order chi connectivity index (χ1) is 14.6. The SMILES string of the molecule is CCOc1ccc(C=Nn2c(C3CCCCC3)nc3ccc(Br)cc3c2=O)cc1Br.